The first-order valence-electron chi connectivity index (χ1n) is 5.57. The van der Waals surface area contributed by atoms with Gasteiger partial charge in [0.25, 0.3) is 0 Å². The predicted molar refractivity (Wildman–Crippen MR) is 70.9 cm³/mol. The highest BCUT2D eigenvalue weighted by Gasteiger charge is 2.00. The van der Waals surface area contributed by atoms with E-state index in [0.29, 0.717) is 0 Å². The maximum absolute atomic E-state index is 5.64. The summed E-state index contributed by atoms with van der Waals surface area (Å²) in [5.41, 5.74) is 7.79. The minimum Gasteiger partial charge on any atom is -0.399 e. The van der Waals surface area contributed by atoms with Crippen molar-refractivity contribution >= 4 is 17.4 Å². The van der Waals surface area contributed by atoms with Gasteiger partial charge in [-0.2, -0.15) is 5.10 Å². The molecule has 0 spiro atoms. The van der Waals surface area contributed by atoms with Crippen LogP contribution in [0.3, 0.4) is 0 Å². The Morgan fingerprint density at radius 3 is 2.71 bits per heavy atom. The van der Waals surface area contributed by atoms with Crippen LogP contribution in [0.15, 0.2) is 35.7 Å². The lowest BCUT2D eigenvalue weighted by Gasteiger charge is -2.02. The summed E-state index contributed by atoms with van der Waals surface area (Å²) in [5, 5.41) is 5.01. The van der Waals surface area contributed by atoms with E-state index in [-0.39, 0.29) is 0 Å². The molecule has 2 N–H and O–H groups in total. The number of hydrogen-bond acceptors (Lipinski definition) is 4. The summed E-state index contributed by atoms with van der Waals surface area (Å²) in [5.74, 6) is 1.05. The Kier molecular flexibility index (Phi) is 4.03. The molecule has 1 aromatic carbocycles. The number of nitrogen functional groups attached to an aromatic ring is 1. The Bertz CT molecular complexity index is 464. The van der Waals surface area contributed by atoms with E-state index in [1.807, 2.05) is 19.2 Å². The van der Waals surface area contributed by atoms with Gasteiger partial charge in [0, 0.05) is 18.5 Å². The van der Waals surface area contributed by atoms with Crippen molar-refractivity contribution in [3.05, 3.63) is 36.2 Å². The number of hydrogen-bond donors (Lipinski definition) is 1. The number of nitrogens with zero attached hydrogens (tertiary/aromatic N) is 3. The third kappa shape index (κ3) is 3.49. The highest BCUT2D eigenvalue weighted by molar-refractivity contribution is 7.99. The van der Waals surface area contributed by atoms with Gasteiger partial charge in [-0.05, 0) is 30.5 Å². The summed E-state index contributed by atoms with van der Waals surface area (Å²) in [6, 6.07) is 8.07. The zero-order valence-electron chi connectivity index (χ0n) is 9.84. The smallest absolute Gasteiger partial charge is 0.185 e. The van der Waals surface area contributed by atoms with Gasteiger partial charge in [0.2, 0.25) is 0 Å². The van der Waals surface area contributed by atoms with Crippen LogP contribution in [0.5, 0.6) is 0 Å². The third-order valence-electron chi connectivity index (χ3n) is 2.49. The average molecular weight is 248 g/mol. The average Bonchev–Trinajstić information content (AvgIpc) is 2.73. The van der Waals surface area contributed by atoms with E-state index in [9.17, 15) is 0 Å². The molecule has 0 amide bonds. The molecule has 5 heteroatoms. The van der Waals surface area contributed by atoms with E-state index >= 15 is 0 Å². The zero-order valence-corrected chi connectivity index (χ0v) is 10.7. The lowest BCUT2D eigenvalue weighted by atomic mass is 10.1. The minimum absolute atomic E-state index is 0.821. The number of aromatic nitrogens is 3. The van der Waals surface area contributed by atoms with E-state index in [1.165, 1.54) is 5.56 Å². The molecule has 0 bridgehead atoms. The molecule has 0 radical (unpaired) electrons. The van der Waals surface area contributed by atoms with Gasteiger partial charge in [0.15, 0.2) is 5.16 Å². The van der Waals surface area contributed by atoms with E-state index in [2.05, 4.69) is 22.2 Å². The molecule has 0 saturated heterocycles. The molecule has 0 aliphatic heterocycles. The van der Waals surface area contributed by atoms with Crippen LogP contribution in [0.4, 0.5) is 5.69 Å². The lowest BCUT2D eigenvalue weighted by Crippen LogP contribution is -1.94. The SMILES string of the molecule is Cn1ncnc1SCCCc1ccc(N)cc1. The van der Waals surface area contributed by atoms with Crippen molar-refractivity contribution in [3.8, 4) is 0 Å². The number of aryl methyl sites for hydroxylation is 2. The van der Waals surface area contributed by atoms with Crippen molar-refractivity contribution in [2.24, 2.45) is 7.05 Å². The van der Waals surface area contributed by atoms with Crippen molar-refractivity contribution in [2.45, 2.75) is 18.0 Å². The number of nitrogens with two attached hydrogens (primary N) is 1. The largest absolute Gasteiger partial charge is 0.399 e. The number of thioether (sulfide) groups is 1. The van der Waals surface area contributed by atoms with E-state index in [4.69, 9.17) is 5.73 Å². The van der Waals surface area contributed by atoms with Gasteiger partial charge in [-0.25, -0.2) is 9.67 Å². The molecule has 0 atom stereocenters. The van der Waals surface area contributed by atoms with Crippen LogP contribution in [-0.4, -0.2) is 20.5 Å². The van der Waals surface area contributed by atoms with Crippen LogP contribution in [0.2, 0.25) is 0 Å². The molecule has 2 rings (SSSR count). The molecule has 0 aliphatic rings. The van der Waals surface area contributed by atoms with Crippen molar-refractivity contribution in [3.63, 3.8) is 0 Å². The minimum atomic E-state index is 0.821. The molecule has 0 fully saturated rings. The Morgan fingerprint density at radius 1 is 1.29 bits per heavy atom. The van der Waals surface area contributed by atoms with Crippen LogP contribution >= 0.6 is 11.8 Å². The van der Waals surface area contributed by atoms with Crippen LogP contribution < -0.4 is 5.73 Å². The summed E-state index contributed by atoms with van der Waals surface area (Å²) in [6.45, 7) is 0. The van der Waals surface area contributed by atoms with Gasteiger partial charge in [-0.3, -0.25) is 0 Å². The number of benzene rings is 1. The van der Waals surface area contributed by atoms with Crippen molar-refractivity contribution < 1.29 is 0 Å². The molecule has 4 nitrogen and oxygen atoms in total. The van der Waals surface area contributed by atoms with Crippen LogP contribution in [-0.2, 0) is 13.5 Å². The maximum Gasteiger partial charge on any atom is 0.185 e. The standard InChI is InChI=1S/C12H16N4S/c1-16-12(14-9-15-16)17-8-2-3-10-4-6-11(13)7-5-10/h4-7,9H,2-3,8,13H2,1H3. The van der Waals surface area contributed by atoms with Crippen LogP contribution in [0, 0.1) is 0 Å². The molecular formula is C12H16N4S. The lowest BCUT2D eigenvalue weighted by molar-refractivity contribution is 0.684. The fraction of sp³-hybridized carbons (Fsp3) is 0.333. The Balaban J connectivity index is 1.73. The van der Waals surface area contributed by atoms with Crippen LogP contribution in [0.1, 0.15) is 12.0 Å². The molecule has 2 aromatic rings. The van der Waals surface area contributed by atoms with Crippen molar-refractivity contribution in [1.29, 1.82) is 0 Å². The molecule has 0 saturated carbocycles. The van der Waals surface area contributed by atoms with Crippen molar-refractivity contribution in [2.75, 3.05) is 11.5 Å². The maximum atomic E-state index is 5.64. The van der Waals surface area contributed by atoms with E-state index < -0.39 is 0 Å². The summed E-state index contributed by atoms with van der Waals surface area (Å²) < 4.78 is 1.80. The monoisotopic (exact) mass is 248 g/mol. The molecule has 0 aliphatic carbocycles. The topological polar surface area (TPSA) is 56.7 Å². The second-order valence-corrected chi connectivity index (χ2v) is 4.92. The summed E-state index contributed by atoms with van der Waals surface area (Å²) >= 11 is 1.74. The van der Waals surface area contributed by atoms with Crippen molar-refractivity contribution in [1.82, 2.24) is 14.8 Å². The number of rotatable bonds is 5. The van der Waals surface area contributed by atoms with Gasteiger partial charge in [-0.1, -0.05) is 23.9 Å². The van der Waals surface area contributed by atoms with Gasteiger partial charge in [-0.15, -0.1) is 0 Å². The summed E-state index contributed by atoms with van der Waals surface area (Å²) in [4.78, 5) is 4.17. The highest BCUT2D eigenvalue weighted by atomic mass is 32.2. The normalized spacial score (nSPS) is 10.6. The molecule has 90 valence electrons. The Labute approximate surface area is 105 Å². The first kappa shape index (κ1) is 12.0. The van der Waals surface area contributed by atoms with Gasteiger partial charge in [0.1, 0.15) is 6.33 Å². The van der Waals surface area contributed by atoms with Gasteiger partial charge < -0.3 is 5.73 Å². The first-order valence-corrected chi connectivity index (χ1v) is 6.55. The van der Waals surface area contributed by atoms with E-state index in [1.54, 1.807) is 22.8 Å². The molecule has 0 unspecified atom stereocenters. The third-order valence-corrected chi connectivity index (χ3v) is 3.61. The fourth-order valence-corrected chi connectivity index (χ4v) is 2.37. The Hall–Kier alpha value is -1.49. The fourth-order valence-electron chi connectivity index (χ4n) is 1.54. The quantitative estimate of drug-likeness (QED) is 0.500. The molecular weight excluding hydrogens is 232 g/mol. The van der Waals surface area contributed by atoms with Gasteiger partial charge >= 0.3 is 0 Å². The molecule has 17 heavy (non-hydrogen) atoms. The van der Waals surface area contributed by atoms with Gasteiger partial charge in [0.05, 0.1) is 0 Å². The van der Waals surface area contributed by atoms with E-state index in [0.717, 1.165) is 29.4 Å². The number of anilines is 1. The predicted octanol–water partition coefficient (Wildman–Crippen LogP) is 2.12. The highest BCUT2D eigenvalue weighted by Crippen LogP contribution is 2.16. The molecule has 1 heterocycles. The summed E-state index contributed by atoms with van der Waals surface area (Å²) in [7, 11) is 1.91. The second-order valence-electron chi connectivity index (χ2n) is 3.86. The first-order chi connectivity index (χ1) is 8.25. The van der Waals surface area contributed by atoms with Crippen LogP contribution in [0.25, 0.3) is 0 Å². The Morgan fingerprint density at radius 2 is 2.06 bits per heavy atom. The zero-order chi connectivity index (χ0) is 12.1. The summed E-state index contributed by atoms with van der Waals surface area (Å²) in [6.07, 6.45) is 3.79. The second kappa shape index (κ2) is 5.72. The molecule has 1 aromatic heterocycles.